The molecule has 140 valence electrons. The number of amides is 1. The number of benzene rings is 1. The molecule has 1 unspecified atom stereocenters. The van der Waals surface area contributed by atoms with Gasteiger partial charge in [0.05, 0.1) is 12.2 Å². The molecule has 1 aliphatic rings. The molecule has 0 radical (unpaired) electrons. The fraction of sp³-hybridized carbons (Fsp3) is 0.368. The molecule has 8 heteroatoms. The van der Waals surface area contributed by atoms with Gasteiger partial charge < -0.3 is 10.2 Å². The van der Waals surface area contributed by atoms with Gasteiger partial charge in [0.1, 0.15) is 17.7 Å². The molecule has 8 nitrogen and oxygen atoms in total. The number of rotatable bonds is 6. The highest BCUT2D eigenvalue weighted by Gasteiger charge is 2.31. The zero-order valence-corrected chi connectivity index (χ0v) is 15.6. The third-order valence-electron chi connectivity index (χ3n) is 4.72. The second kappa shape index (κ2) is 8.03. The van der Waals surface area contributed by atoms with Gasteiger partial charge in [0.2, 0.25) is 0 Å². The number of nitroso groups, excluding NO2 is 1. The van der Waals surface area contributed by atoms with E-state index in [2.05, 4.69) is 36.4 Å². The molecule has 0 fully saturated rings. The Morgan fingerprint density at radius 2 is 2.11 bits per heavy atom. The first kappa shape index (κ1) is 18.6. The van der Waals surface area contributed by atoms with Gasteiger partial charge in [0.25, 0.3) is 5.91 Å². The largest absolute Gasteiger partial charge is 0.354 e. The topological polar surface area (TPSA) is 99.9 Å². The Morgan fingerprint density at radius 3 is 2.85 bits per heavy atom. The van der Waals surface area contributed by atoms with Gasteiger partial charge in [0, 0.05) is 25.2 Å². The molecule has 0 spiro atoms. The summed E-state index contributed by atoms with van der Waals surface area (Å²) >= 11 is 0. The van der Waals surface area contributed by atoms with Crippen LogP contribution < -0.4 is 10.2 Å². The average molecular weight is 366 g/mol. The molecule has 1 atom stereocenters. The summed E-state index contributed by atoms with van der Waals surface area (Å²) in [5.74, 6) is 0.590. The van der Waals surface area contributed by atoms with Crippen LogP contribution in [0.5, 0.6) is 0 Å². The minimum Gasteiger partial charge on any atom is -0.354 e. The highest BCUT2D eigenvalue weighted by Crippen LogP contribution is 2.44. The van der Waals surface area contributed by atoms with E-state index in [4.69, 9.17) is 0 Å². The Hall–Kier alpha value is -3.16. The first-order valence-corrected chi connectivity index (χ1v) is 8.81. The van der Waals surface area contributed by atoms with Gasteiger partial charge in [-0.1, -0.05) is 23.4 Å². The molecule has 1 amide bonds. The molecule has 1 N–H and O–H groups in total. The third kappa shape index (κ3) is 3.69. The van der Waals surface area contributed by atoms with E-state index in [1.165, 1.54) is 6.33 Å². The summed E-state index contributed by atoms with van der Waals surface area (Å²) in [7, 11) is 1.57. The number of anilines is 2. The van der Waals surface area contributed by atoms with Crippen LogP contribution in [0.1, 0.15) is 30.5 Å². The lowest BCUT2D eigenvalue weighted by Gasteiger charge is -2.21. The van der Waals surface area contributed by atoms with E-state index in [0.717, 1.165) is 11.3 Å². The van der Waals surface area contributed by atoms with Crippen molar-refractivity contribution in [3.05, 3.63) is 46.8 Å². The predicted molar refractivity (Wildman–Crippen MR) is 105 cm³/mol. The van der Waals surface area contributed by atoms with Crippen LogP contribution >= 0.6 is 0 Å². The minimum absolute atomic E-state index is 0.186. The SMILES string of the molecule is CNC(=O)/C(C)=N/c1c(C)ncnc1N1CC(CCN=O)c2ccccc21. The number of hydrogen-bond acceptors (Lipinski definition) is 7. The first-order valence-electron chi connectivity index (χ1n) is 8.81. The van der Waals surface area contributed by atoms with Crippen molar-refractivity contribution in [3.63, 3.8) is 0 Å². The van der Waals surface area contributed by atoms with Gasteiger partial charge in [0.15, 0.2) is 5.82 Å². The zero-order valence-electron chi connectivity index (χ0n) is 15.6. The average Bonchev–Trinajstić information content (AvgIpc) is 3.05. The van der Waals surface area contributed by atoms with Crippen LogP contribution in [0.3, 0.4) is 0 Å². The van der Waals surface area contributed by atoms with E-state index >= 15 is 0 Å². The van der Waals surface area contributed by atoms with E-state index in [9.17, 15) is 9.70 Å². The number of carbonyl (C=O) groups is 1. The van der Waals surface area contributed by atoms with Crippen molar-refractivity contribution in [3.8, 4) is 0 Å². The fourth-order valence-electron chi connectivity index (χ4n) is 3.33. The quantitative estimate of drug-likeness (QED) is 0.626. The normalized spacial score (nSPS) is 16.2. The Labute approximate surface area is 157 Å². The number of para-hydroxylation sites is 1. The summed E-state index contributed by atoms with van der Waals surface area (Å²) in [6.45, 7) is 4.45. The summed E-state index contributed by atoms with van der Waals surface area (Å²) in [6.07, 6.45) is 2.18. The number of hydrogen-bond donors (Lipinski definition) is 1. The molecule has 1 aromatic heterocycles. The minimum atomic E-state index is -0.249. The second-order valence-electron chi connectivity index (χ2n) is 6.42. The maximum absolute atomic E-state index is 11.9. The van der Waals surface area contributed by atoms with Crippen molar-refractivity contribution in [1.29, 1.82) is 0 Å². The molecule has 3 rings (SSSR count). The molecule has 0 saturated heterocycles. The lowest BCUT2D eigenvalue weighted by Crippen LogP contribution is -2.25. The van der Waals surface area contributed by atoms with Gasteiger partial charge in [-0.2, -0.15) is 4.91 Å². The van der Waals surface area contributed by atoms with Gasteiger partial charge >= 0.3 is 0 Å². The van der Waals surface area contributed by atoms with E-state index in [1.807, 2.05) is 25.1 Å². The van der Waals surface area contributed by atoms with Crippen molar-refractivity contribution in [1.82, 2.24) is 15.3 Å². The Morgan fingerprint density at radius 1 is 1.33 bits per heavy atom. The number of nitrogens with one attached hydrogen (secondary N) is 1. The number of aryl methyl sites for hydroxylation is 1. The molecular formula is C19H22N6O2. The maximum atomic E-state index is 11.9. The smallest absolute Gasteiger partial charge is 0.265 e. The summed E-state index contributed by atoms with van der Waals surface area (Å²) in [5.41, 5.74) is 3.79. The summed E-state index contributed by atoms with van der Waals surface area (Å²) in [6, 6.07) is 8.06. The van der Waals surface area contributed by atoms with Crippen LogP contribution in [0, 0.1) is 11.8 Å². The van der Waals surface area contributed by atoms with Gasteiger partial charge in [-0.3, -0.25) is 4.79 Å². The first-order chi connectivity index (χ1) is 13.1. The lowest BCUT2D eigenvalue weighted by atomic mass is 9.98. The molecule has 0 saturated carbocycles. The van der Waals surface area contributed by atoms with Crippen LogP contribution in [0.15, 0.2) is 40.8 Å². The lowest BCUT2D eigenvalue weighted by molar-refractivity contribution is -0.114. The molecule has 1 aromatic carbocycles. The Bertz CT molecular complexity index is 896. The monoisotopic (exact) mass is 366 g/mol. The van der Waals surface area contributed by atoms with Crippen molar-refractivity contribution in [2.24, 2.45) is 10.2 Å². The van der Waals surface area contributed by atoms with E-state index in [-0.39, 0.29) is 18.4 Å². The number of fused-ring (bicyclic) bond motifs is 1. The molecule has 1 aliphatic heterocycles. The number of carbonyl (C=O) groups excluding carboxylic acids is 1. The number of aromatic nitrogens is 2. The van der Waals surface area contributed by atoms with Crippen molar-refractivity contribution in [2.45, 2.75) is 26.2 Å². The highest BCUT2D eigenvalue weighted by atomic mass is 16.3. The van der Waals surface area contributed by atoms with Crippen LogP contribution in [-0.4, -0.2) is 41.7 Å². The Balaban J connectivity index is 2.06. The third-order valence-corrected chi connectivity index (χ3v) is 4.72. The molecule has 0 aliphatic carbocycles. The highest BCUT2D eigenvalue weighted by molar-refractivity contribution is 6.38. The second-order valence-corrected chi connectivity index (χ2v) is 6.42. The van der Waals surface area contributed by atoms with E-state index in [1.54, 1.807) is 14.0 Å². The van der Waals surface area contributed by atoms with Crippen LogP contribution in [-0.2, 0) is 4.79 Å². The number of nitrogens with zero attached hydrogens (tertiary/aromatic N) is 5. The summed E-state index contributed by atoms with van der Waals surface area (Å²) in [4.78, 5) is 37.8. The number of aliphatic imine (C=N–C) groups is 1. The molecule has 2 aromatic rings. The van der Waals surface area contributed by atoms with Crippen molar-refractivity contribution < 1.29 is 4.79 Å². The Kier molecular flexibility index (Phi) is 5.54. The predicted octanol–water partition coefficient (Wildman–Crippen LogP) is 3.02. The van der Waals surface area contributed by atoms with E-state index < -0.39 is 0 Å². The fourth-order valence-corrected chi connectivity index (χ4v) is 3.33. The molecule has 0 bridgehead atoms. The molecule has 27 heavy (non-hydrogen) atoms. The van der Waals surface area contributed by atoms with Gasteiger partial charge in [-0.05, 0) is 31.9 Å². The standard InChI is InChI=1S/C19H22N6O2/c1-12-17(24-13(2)19(26)20-3)18(22-11-21-12)25-10-14(8-9-23-27)15-6-4-5-7-16(15)25/h4-7,11,14H,8-10H2,1-3H3,(H,20,26)/b24-13+. The van der Waals surface area contributed by atoms with Gasteiger partial charge in [-0.15, -0.1) is 0 Å². The molecule has 2 heterocycles. The van der Waals surface area contributed by atoms with E-state index in [0.29, 0.717) is 35.9 Å². The zero-order chi connectivity index (χ0) is 19.4. The van der Waals surface area contributed by atoms with Crippen molar-refractivity contribution in [2.75, 3.05) is 25.0 Å². The maximum Gasteiger partial charge on any atom is 0.265 e. The van der Waals surface area contributed by atoms with Crippen LogP contribution in [0.25, 0.3) is 0 Å². The van der Waals surface area contributed by atoms with Crippen molar-refractivity contribution >= 4 is 28.8 Å². The summed E-state index contributed by atoms with van der Waals surface area (Å²) in [5, 5.41) is 5.58. The van der Waals surface area contributed by atoms with Gasteiger partial charge in [-0.25, -0.2) is 15.0 Å². The van der Waals surface area contributed by atoms with Crippen LogP contribution in [0.2, 0.25) is 0 Å². The summed E-state index contributed by atoms with van der Waals surface area (Å²) < 4.78 is 0. The van der Waals surface area contributed by atoms with Crippen LogP contribution in [0.4, 0.5) is 17.2 Å². The molecular weight excluding hydrogens is 344 g/mol.